The molecule has 1 saturated heterocycles. The number of hydrogen-bond acceptors (Lipinski definition) is 6. The zero-order chi connectivity index (χ0) is 19.9. The predicted octanol–water partition coefficient (Wildman–Crippen LogP) is -2.12. The van der Waals surface area contributed by atoms with Crippen molar-refractivity contribution in [2.75, 3.05) is 13.1 Å². The molecule has 0 bridgehead atoms. The van der Waals surface area contributed by atoms with Gasteiger partial charge in [-0.3, -0.25) is 19.2 Å². The number of likely N-dealkylation sites (tertiary alicyclic amines) is 1. The molecule has 0 radical (unpaired) electrons. The van der Waals surface area contributed by atoms with Crippen molar-refractivity contribution in [3.05, 3.63) is 0 Å². The van der Waals surface area contributed by atoms with Crippen molar-refractivity contribution in [3.63, 3.8) is 0 Å². The monoisotopic (exact) mass is 372 g/mol. The summed E-state index contributed by atoms with van der Waals surface area (Å²) in [5, 5.41) is 22.6. The number of amides is 3. The maximum absolute atomic E-state index is 12.4. The Labute approximate surface area is 149 Å². The van der Waals surface area contributed by atoms with Gasteiger partial charge >= 0.3 is 11.9 Å². The highest BCUT2D eigenvalue weighted by Gasteiger charge is 2.36. The molecule has 1 aliphatic rings. The van der Waals surface area contributed by atoms with Gasteiger partial charge in [0.1, 0.15) is 18.1 Å². The third-order valence-electron chi connectivity index (χ3n) is 4.03. The first-order chi connectivity index (χ1) is 12.2. The summed E-state index contributed by atoms with van der Waals surface area (Å²) in [5.41, 5.74) is 5.18. The Morgan fingerprint density at radius 1 is 1.19 bits per heavy atom. The first-order valence-electron chi connectivity index (χ1n) is 8.22. The lowest BCUT2D eigenvalue weighted by molar-refractivity contribution is -0.149. The number of carbonyl (C=O) groups is 5. The van der Waals surface area contributed by atoms with Crippen molar-refractivity contribution in [3.8, 4) is 0 Å². The van der Waals surface area contributed by atoms with Gasteiger partial charge in [-0.2, -0.15) is 0 Å². The van der Waals surface area contributed by atoms with Crippen molar-refractivity contribution in [2.45, 2.75) is 50.7 Å². The molecule has 1 aliphatic heterocycles. The van der Waals surface area contributed by atoms with E-state index < -0.39 is 47.8 Å². The van der Waals surface area contributed by atoms with Gasteiger partial charge in [0.2, 0.25) is 17.7 Å². The lowest BCUT2D eigenvalue weighted by atomic mass is 10.1. The van der Waals surface area contributed by atoms with Crippen molar-refractivity contribution in [2.24, 2.45) is 5.73 Å². The predicted molar refractivity (Wildman–Crippen MR) is 87.8 cm³/mol. The van der Waals surface area contributed by atoms with Crippen LogP contribution in [0.2, 0.25) is 0 Å². The zero-order valence-corrected chi connectivity index (χ0v) is 14.4. The maximum atomic E-state index is 12.4. The van der Waals surface area contributed by atoms with E-state index in [9.17, 15) is 24.0 Å². The second-order valence-corrected chi connectivity index (χ2v) is 6.01. The smallest absolute Gasteiger partial charge is 0.326 e. The molecule has 11 heteroatoms. The van der Waals surface area contributed by atoms with E-state index in [0.29, 0.717) is 12.8 Å². The van der Waals surface area contributed by atoms with Crippen LogP contribution in [0.25, 0.3) is 0 Å². The van der Waals surface area contributed by atoms with Gasteiger partial charge in [0.05, 0.1) is 6.54 Å². The summed E-state index contributed by atoms with van der Waals surface area (Å²) in [7, 11) is 0. The number of carboxylic acids is 2. The van der Waals surface area contributed by atoms with Gasteiger partial charge in [-0.25, -0.2) is 4.79 Å². The Balaban J connectivity index is 2.73. The lowest BCUT2D eigenvalue weighted by Gasteiger charge is -2.26. The first kappa shape index (κ1) is 21.4. The number of hydrogen-bond donors (Lipinski definition) is 5. The number of nitrogens with one attached hydrogen (secondary N) is 2. The first-order valence-corrected chi connectivity index (χ1v) is 8.22. The zero-order valence-electron chi connectivity index (χ0n) is 14.4. The molecular weight excluding hydrogens is 348 g/mol. The van der Waals surface area contributed by atoms with Crippen molar-refractivity contribution in [1.82, 2.24) is 15.5 Å². The van der Waals surface area contributed by atoms with E-state index in [4.69, 9.17) is 15.9 Å². The lowest BCUT2D eigenvalue weighted by Crippen LogP contribution is -2.55. The highest BCUT2D eigenvalue weighted by atomic mass is 16.4. The van der Waals surface area contributed by atoms with Crippen LogP contribution in [0.1, 0.15) is 32.6 Å². The Kier molecular flexibility index (Phi) is 7.97. The summed E-state index contributed by atoms with van der Waals surface area (Å²) in [4.78, 5) is 59.2. The van der Waals surface area contributed by atoms with E-state index in [1.54, 1.807) is 0 Å². The van der Waals surface area contributed by atoms with Gasteiger partial charge in [-0.1, -0.05) is 0 Å². The molecule has 146 valence electrons. The largest absolute Gasteiger partial charge is 0.481 e. The van der Waals surface area contributed by atoms with Gasteiger partial charge < -0.3 is 31.5 Å². The molecule has 11 nitrogen and oxygen atoms in total. The van der Waals surface area contributed by atoms with E-state index in [1.807, 2.05) is 0 Å². The van der Waals surface area contributed by atoms with E-state index >= 15 is 0 Å². The van der Waals surface area contributed by atoms with Crippen LogP contribution >= 0.6 is 0 Å². The second-order valence-electron chi connectivity index (χ2n) is 6.01. The normalized spacial score (nSPS) is 18.7. The molecule has 0 aromatic carbocycles. The third kappa shape index (κ3) is 5.99. The molecule has 0 aliphatic carbocycles. The van der Waals surface area contributed by atoms with E-state index in [-0.39, 0.29) is 25.9 Å². The summed E-state index contributed by atoms with van der Waals surface area (Å²) >= 11 is 0. The summed E-state index contributed by atoms with van der Waals surface area (Å²) in [6.45, 7) is 1.30. The van der Waals surface area contributed by atoms with Crippen LogP contribution in [0, 0.1) is 0 Å². The molecule has 0 saturated carbocycles. The van der Waals surface area contributed by atoms with Gasteiger partial charge in [-0.15, -0.1) is 0 Å². The fraction of sp³-hybridized carbons (Fsp3) is 0.667. The molecule has 0 spiro atoms. The topological polar surface area (TPSA) is 179 Å². The summed E-state index contributed by atoms with van der Waals surface area (Å²) in [6.07, 6.45) is 0.362. The molecule has 26 heavy (non-hydrogen) atoms. The van der Waals surface area contributed by atoms with Crippen LogP contribution in [0.4, 0.5) is 0 Å². The highest BCUT2D eigenvalue weighted by Crippen LogP contribution is 2.18. The average Bonchev–Trinajstić information content (AvgIpc) is 3.06. The Morgan fingerprint density at radius 3 is 2.38 bits per heavy atom. The van der Waals surface area contributed by atoms with Gasteiger partial charge in [0.25, 0.3) is 0 Å². The number of aliphatic carboxylic acids is 2. The number of carboxylic acid groups (broad SMARTS) is 2. The molecule has 0 aromatic rings. The molecule has 1 heterocycles. The maximum Gasteiger partial charge on any atom is 0.326 e. The minimum Gasteiger partial charge on any atom is -0.481 e. The minimum absolute atomic E-state index is 0.171. The summed E-state index contributed by atoms with van der Waals surface area (Å²) < 4.78 is 0. The average molecular weight is 372 g/mol. The van der Waals surface area contributed by atoms with E-state index in [0.717, 1.165) is 0 Å². The summed E-state index contributed by atoms with van der Waals surface area (Å²) in [6, 6.07) is -3.11. The van der Waals surface area contributed by atoms with Crippen LogP contribution in [-0.2, 0) is 24.0 Å². The summed E-state index contributed by atoms with van der Waals surface area (Å²) in [5.74, 6) is -4.18. The minimum atomic E-state index is -1.16. The quantitative estimate of drug-likeness (QED) is 0.304. The van der Waals surface area contributed by atoms with Crippen LogP contribution in [0.15, 0.2) is 0 Å². The van der Waals surface area contributed by atoms with Gasteiger partial charge in [0.15, 0.2) is 0 Å². The third-order valence-corrected chi connectivity index (χ3v) is 4.03. The molecular formula is C15H24N4O7. The SMILES string of the molecule is CC(NC(=O)C(CCC(=O)O)NC(=O)CN)C(=O)N1CCCC1C(=O)O. The fourth-order valence-corrected chi connectivity index (χ4v) is 2.70. The van der Waals surface area contributed by atoms with Crippen LogP contribution in [-0.4, -0.2) is 76.0 Å². The molecule has 1 fully saturated rings. The Bertz CT molecular complexity index is 580. The van der Waals surface area contributed by atoms with Gasteiger partial charge in [-0.05, 0) is 26.2 Å². The number of nitrogens with two attached hydrogens (primary N) is 1. The number of carbonyl (C=O) groups excluding carboxylic acids is 3. The second kappa shape index (κ2) is 9.70. The van der Waals surface area contributed by atoms with Crippen molar-refractivity contribution < 1.29 is 34.2 Å². The van der Waals surface area contributed by atoms with Gasteiger partial charge in [0, 0.05) is 13.0 Å². The Morgan fingerprint density at radius 2 is 1.85 bits per heavy atom. The number of nitrogens with zero attached hydrogens (tertiary/aromatic N) is 1. The Hall–Kier alpha value is -2.69. The van der Waals surface area contributed by atoms with Crippen LogP contribution < -0.4 is 16.4 Å². The highest BCUT2D eigenvalue weighted by molar-refractivity contribution is 5.93. The van der Waals surface area contributed by atoms with Crippen molar-refractivity contribution in [1.29, 1.82) is 0 Å². The molecule has 0 aromatic heterocycles. The fourth-order valence-electron chi connectivity index (χ4n) is 2.70. The number of rotatable bonds is 9. The van der Waals surface area contributed by atoms with Crippen LogP contribution in [0.5, 0.6) is 0 Å². The molecule has 6 N–H and O–H groups in total. The van der Waals surface area contributed by atoms with E-state index in [1.165, 1.54) is 11.8 Å². The van der Waals surface area contributed by atoms with Crippen LogP contribution in [0.3, 0.4) is 0 Å². The molecule has 3 unspecified atom stereocenters. The van der Waals surface area contributed by atoms with Crippen molar-refractivity contribution >= 4 is 29.7 Å². The molecule has 3 atom stereocenters. The standard InChI is InChI=1S/C15H24N4O7/c1-8(14(24)19-6-2-3-10(19)15(25)26)17-13(23)9(4-5-12(21)22)18-11(20)7-16/h8-10H,2-7,16H2,1H3,(H,17,23)(H,18,20)(H,21,22)(H,25,26). The molecule has 1 rings (SSSR count). The molecule has 3 amide bonds. The van der Waals surface area contributed by atoms with E-state index in [2.05, 4.69) is 10.6 Å².